The van der Waals surface area contributed by atoms with Gasteiger partial charge in [-0.3, -0.25) is 9.00 Å². The van der Waals surface area contributed by atoms with Gasteiger partial charge in [0.15, 0.2) is 0 Å². The van der Waals surface area contributed by atoms with Gasteiger partial charge in [-0.1, -0.05) is 0 Å². The average molecular weight is 292 g/mol. The molecule has 1 aromatic carbocycles. The highest BCUT2D eigenvalue weighted by atomic mass is 35.5. The van der Waals surface area contributed by atoms with Gasteiger partial charge in [-0.15, -0.1) is 23.2 Å². The molecule has 0 spiro atoms. The fourth-order valence-corrected chi connectivity index (χ4v) is 2.48. The molecule has 1 aromatic rings. The van der Waals surface area contributed by atoms with Gasteiger partial charge < -0.3 is 5.32 Å². The van der Waals surface area contributed by atoms with Crippen LogP contribution in [0, 0.1) is 5.92 Å². The minimum atomic E-state index is -1.01. The maximum absolute atomic E-state index is 11.7. The first-order valence-corrected chi connectivity index (χ1v) is 7.34. The first-order valence-electron chi connectivity index (χ1n) is 5.02. The van der Waals surface area contributed by atoms with E-state index in [9.17, 15) is 9.00 Å². The van der Waals surface area contributed by atoms with Crippen molar-refractivity contribution in [2.24, 2.45) is 5.92 Å². The van der Waals surface area contributed by atoms with Crippen molar-refractivity contribution in [3.8, 4) is 0 Å². The molecule has 1 N–H and O–H groups in total. The second-order valence-corrected chi connectivity index (χ2v) is 6.91. The van der Waals surface area contributed by atoms with E-state index in [1.54, 1.807) is 30.5 Å². The van der Waals surface area contributed by atoms with Crippen LogP contribution in [-0.4, -0.2) is 20.7 Å². The van der Waals surface area contributed by atoms with Gasteiger partial charge in [-0.05, 0) is 30.7 Å². The van der Waals surface area contributed by atoms with Crippen LogP contribution in [-0.2, 0) is 15.6 Å². The molecule has 92 valence electrons. The average Bonchev–Trinajstić information content (AvgIpc) is 2.89. The van der Waals surface area contributed by atoms with E-state index in [0.717, 1.165) is 4.90 Å². The summed E-state index contributed by atoms with van der Waals surface area (Å²) < 4.78 is 10.3. The zero-order chi connectivity index (χ0) is 12.6. The summed E-state index contributed by atoms with van der Waals surface area (Å²) in [6.07, 6.45) is 2.09. The van der Waals surface area contributed by atoms with Gasteiger partial charge in [0.2, 0.25) is 5.91 Å². The SMILES string of the molecule is C[S@](=O)c1ccc(NC(=O)[C@H]2CC2(Cl)Cl)cc1. The highest BCUT2D eigenvalue weighted by molar-refractivity contribution is 7.84. The Morgan fingerprint density at radius 1 is 1.41 bits per heavy atom. The number of nitrogens with one attached hydrogen (secondary N) is 1. The zero-order valence-electron chi connectivity index (χ0n) is 9.07. The normalized spacial score (nSPS) is 22.9. The number of carbonyl (C=O) groups excluding carboxylic acids is 1. The van der Waals surface area contributed by atoms with Crippen LogP contribution in [0.3, 0.4) is 0 Å². The minimum absolute atomic E-state index is 0.180. The van der Waals surface area contributed by atoms with Gasteiger partial charge in [-0.25, -0.2) is 0 Å². The summed E-state index contributed by atoms with van der Waals surface area (Å²) in [5.74, 6) is -0.522. The summed E-state index contributed by atoms with van der Waals surface area (Å²) >= 11 is 11.6. The summed E-state index contributed by atoms with van der Waals surface area (Å²) in [7, 11) is -1.01. The van der Waals surface area contributed by atoms with Crippen LogP contribution in [0.2, 0.25) is 0 Å². The summed E-state index contributed by atoms with van der Waals surface area (Å²) in [5.41, 5.74) is 0.653. The number of halogens is 2. The third-order valence-corrected chi connectivity index (χ3v) is 4.37. The van der Waals surface area contributed by atoms with E-state index >= 15 is 0 Å². The van der Waals surface area contributed by atoms with Crippen LogP contribution in [0.15, 0.2) is 29.2 Å². The molecule has 6 heteroatoms. The van der Waals surface area contributed by atoms with Crippen molar-refractivity contribution in [3.63, 3.8) is 0 Å². The van der Waals surface area contributed by atoms with Crippen molar-refractivity contribution in [1.82, 2.24) is 0 Å². The Kier molecular flexibility index (Phi) is 3.48. The molecule has 0 unspecified atom stereocenters. The van der Waals surface area contributed by atoms with E-state index in [0.29, 0.717) is 12.1 Å². The first-order chi connectivity index (χ1) is 7.90. The Balaban J connectivity index is 2.00. The maximum Gasteiger partial charge on any atom is 0.230 e. The molecule has 3 nitrogen and oxygen atoms in total. The summed E-state index contributed by atoms with van der Waals surface area (Å²) in [6, 6.07) is 6.85. The van der Waals surface area contributed by atoms with Crippen molar-refractivity contribution in [3.05, 3.63) is 24.3 Å². The largest absolute Gasteiger partial charge is 0.326 e. The Morgan fingerprint density at radius 2 is 1.94 bits per heavy atom. The van der Waals surface area contributed by atoms with Crippen molar-refractivity contribution in [2.75, 3.05) is 11.6 Å². The fraction of sp³-hybridized carbons (Fsp3) is 0.364. The Morgan fingerprint density at radius 3 is 2.35 bits per heavy atom. The highest BCUT2D eigenvalue weighted by Gasteiger charge is 2.56. The molecule has 0 aromatic heterocycles. The molecule has 0 bridgehead atoms. The van der Waals surface area contributed by atoms with Crippen molar-refractivity contribution < 1.29 is 9.00 Å². The molecule has 1 amide bonds. The van der Waals surface area contributed by atoms with Gasteiger partial charge in [0.05, 0.1) is 5.92 Å². The van der Waals surface area contributed by atoms with Gasteiger partial charge in [0, 0.05) is 27.6 Å². The van der Waals surface area contributed by atoms with E-state index in [-0.39, 0.29) is 11.8 Å². The van der Waals surface area contributed by atoms with Crippen LogP contribution in [0.4, 0.5) is 5.69 Å². The lowest BCUT2D eigenvalue weighted by Gasteiger charge is -2.05. The molecule has 2 rings (SSSR count). The Bertz CT molecular complexity index is 473. The molecule has 0 radical (unpaired) electrons. The van der Waals surface area contributed by atoms with Gasteiger partial charge in [-0.2, -0.15) is 0 Å². The fourth-order valence-electron chi connectivity index (χ4n) is 1.46. The summed E-state index contributed by atoms with van der Waals surface area (Å²) in [5, 5.41) is 2.72. The molecule has 1 saturated carbocycles. The van der Waals surface area contributed by atoms with E-state index in [1.165, 1.54) is 0 Å². The van der Waals surface area contributed by atoms with Gasteiger partial charge >= 0.3 is 0 Å². The lowest BCUT2D eigenvalue weighted by molar-refractivity contribution is -0.117. The predicted octanol–water partition coefficient (Wildman–Crippen LogP) is 2.56. The molecule has 1 aliphatic carbocycles. The Hall–Kier alpha value is -0.580. The number of rotatable bonds is 3. The van der Waals surface area contributed by atoms with Crippen LogP contribution >= 0.6 is 23.2 Å². The molecular formula is C11H11Cl2NO2S. The number of alkyl halides is 2. The summed E-state index contributed by atoms with van der Waals surface area (Å²) in [6.45, 7) is 0. The standard InChI is InChI=1S/C11H11Cl2NO2S/c1-17(16)8-4-2-7(3-5-8)14-10(15)9-6-11(9,12)13/h2-5,9H,6H2,1H3,(H,14,15)/t9-,17+/m1/s1. The van der Waals surface area contributed by atoms with E-state index in [1.807, 2.05) is 0 Å². The number of benzene rings is 1. The smallest absolute Gasteiger partial charge is 0.230 e. The number of anilines is 1. The topological polar surface area (TPSA) is 46.2 Å². The molecular weight excluding hydrogens is 281 g/mol. The second kappa shape index (κ2) is 4.59. The van der Waals surface area contributed by atoms with Crippen LogP contribution in [0.1, 0.15) is 6.42 Å². The molecule has 1 fully saturated rings. The monoisotopic (exact) mass is 291 g/mol. The number of amides is 1. The quantitative estimate of drug-likeness (QED) is 0.870. The number of carbonyl (C=O) groups is 1. The number of hydrogen-bond acceptors (Lipinski definition) is 2. The molecule has 1 aliphatic rings. The van der Waals surface area contributed by atoms with E-state index in [2.05, 4.69) is 5.32 Å². The van der Waals surface area contributed by atoms with E-state index in [4.69, 9.17) is 23.2 Å². The van der Waals surface area contributed by atoms with Crippen molar-refractivity contribution in [2.45, 2.75) is 15.6 Å². The third kappa shape index (κ3) is 3.00. The van der Waals surface area contributed by atoms with E-state index < -0.39 is 15.1 Å². The zero-order valence-corrected chi connectivity index (χ0v) is 11.4. The van der Waals surface area contributed by atoms with Gasteiger partial charge in [0.1, 0.15) is 4.33 Å². The molecule has 2 atom stereocenters. The maximum atomic E-state index is 11.7. The number of hydrogen-bond donors (Lipinski definition) is 1. The van der Waals surface area contributed by atoms with Crippen LogP contribution in [0.5, 0.6) is 0 Å². The second-order valence-electron chi connectivity index (χ2n) is 3.99. The molecule has 0 heterocycles. The highest BCUT2D eigenvalue weighted by Crippen LogP contribution is 2.53. The lowest BCUT2D eigenvalue weighted by Crippen LogP contribution is -2.16. The van der Waals surface area contributed by atoms with Crippen molar-refractivity contribution >= 4 is 45.6 Å². The first kappa shape index (κ1) is 12.9. The van der Waals surface area contributed by atoms with Gasteiger partial charge in [0.25, 0.3) is 0 Å². The van der Waals surface area contributed by atoms with Crippen molar-refractivity contribution in [1.29, 1.82) is 0 Å². The minimum Gasteiger partial charge on any atom is -0.326 e. The molecule has 0 saturated heterocycles. The molecule has 17 heavy (non-hydrogen) atoms. The lowest BCUT2D eigenvalue weighted by atomic mass is 10.3. The predicted molar refractivity (Wildman–Crippen MR) is 69.9 cm³/mol. The Labute approximate surface area is 112 Å². The third-order valence-electron chi connectivity index (χ3n) is 2.60. The molecule has 0 aliphatic heterocycles. The summed E-state index contributed by atoms with van der Waals surface area (Å²) in [4.78, 5) is 12.4. The van der Waals surface area contributed by atoms with Crippen LogP contribution in [0.25, 0.3) is 0 Å². The van der Waals surface area contributed by atoms with Crippen LogP contribution < -0.4 is 5.32 Å².